The van der Waals surface area contributed by atoms with E-state index in [2.05, 4.69) is 0 Å². The Morgan fingerprint density at radius 2 is 1.81 bits per heavy atom. The number of carboxylic acids is 1. The standard InChI is InChI=1S/C15H21NO8S2/c1-4-5-6-14(15(18)19)24-13-8-7-12(9-11(13)10-17)16(25(2,20)21)26(3,22)23/h7-10,14H,4-6H2,1-3H3,(H,18,19). The molecule has 0 spiro atoms. The highest BCUT2D eigenvalue weighted by molar-refractivity contribution is 8.09. The molecule has 26 heavy (non-hydrogen) atoms. The second kappa shape index (κ2) is 8.49. The minimum Gasteiger partial charge on any atom is -0.479 e. The van der Waals surface area contributed by atoms with E-state index in [0.29, 0.717) is 25.2 Å². The van der Waals surface area contributed by atoms with Crippen molar-refractivity contribution in [3.63, 3.8) is 0 Å². The van der Waals surface area contributed by atoms with E-state index in [9.17, 15) is 31.5 Å². The van der Waals surface area contributed by atoms with Crippen molar-refractivity contribution in [3.8, 4) is 5.75 Å². The van der Waals surface area contributed by atoms with E-state index in [1.54, 1.807) is 0 Å². The molecule has 146 valence electrons. The molecule has 0 amide bonds. The van der Waals surface area contributed by atoms with Gasteiger partial charge in [-0.15, -0.1) is 0 Å². The van der Waals surface area contributed by atoms with Gasteiger partial charge >= 0.3 is 5.97 Å². The Kier molecular flexibility index (Phi) is 7.16. The minimum absolute atomic E-state index is 0.0748. The number of rotatable bonds is 10. The van der Waals surface area contributed by atoms with Gasteiger partial charge in [0.15, 0.2) is 12.4 Å². The minimum atomic E-state index is -4.17. The molecule has 0 aliphatic heterocycles. The average molecular weight is 407 g/mol. The summed E-state index contributed by atoms with van der Waals surface area (Å²) in [4.78, 5) is 22.6. The van der Waals surface area contributed by atoms with Crippen LogP contribution in [0.5, 0.6) is 5.75 Å². The molecule has 0 radical (unpaired) electrons. The van der Waals surface area contributed by atoms with Crippen LogP contribution in [0.3, 0.4) is 0 Å². The fourth-order valence-corrected chi connectivity index (χ4v) is 5.21. The van der Waals surface area contributed by atoms with Crippen LogP contribution in [-0.2, 0) is 24.8 Å². The molecule has 0 saturated heterocycles. The van der Waals surface area contributed by atoms with Crippen LogP contribution in [0.2, 0.25) is 0 Å². The summed E-state index contributed by atoms with van der Waals surface area (Å²) in [7, 11) is -8.33. The summed E-state index contributed by atoms with van der Waals surface area (Å²) in [5, 5.41) is 9.20. The van der Waals surface area contributed by atoms with Crippen LogP contribution in [0.1, 0.15) is 36.5 Å². The number of hydrogen-bond donors (Lipinski definition) is 1. The predicted octanol–water partition coefficient (Wildman–Crippen LogP) is 1.25. The molecule has 0 bridgehead atoms. The van der Waals surface area contributed by atoms with Gasteiger partial charge in [0.05, 0.1) is 23.8 Å². The first-order chi connectivity index (χ1) is 11.9. The summed E-state index contributed by atoms with van der Waals surface area (Å²) in [5.74, 6) is -1.28. The average Bonchev–Trinajstić information content (AvgIpc) is 2.49. The number of anilines is 1. The van der Waals surface area contributed by atoms with Crippen LogP contribution >= 0.6 is 0 Å². The zero-order valence-corrected chi connectivity index (χ0v) is 16.2. The van der Waals surface area contributed by atoms with E-state index in [4.69, 9.17) is 4.74 Å². The molecular formula is C15H21NO8S2. The van der Waals surface area contributed by atoms with Gasteiger partial charge in [0.1, 0.15) is 5.75 Å². The lowest BCUT2D eigenvalue weighted by atomic mass is 10.1. The van der Waals surface area contributed by atoms with Gasteiger partial charge in [0, 0.05) is 0 Å². The maximum Gasteiger partial charge on any atom is 0.344 e. The molecule has 0 aromatic heterocycles. The van der Waals surface area contributed by atoms with Gasteiger partial charge in [-0.25, -0.2) is 21.6 Å². The van der Waals surface area contributed by atoms with Crippen LogP contribution < -0.4 is 8.45 Å². The number of benzene rings is 1. The summed E-state index contributed by atoms with van der Waals surface area (Å²) in [5.41, 5.74) is -0.438. The lowest BCUT2D eigenvalue weighted by molar-refractivity contribution is -0.145. The number of aldehydes is 1. The number of sulfonamides is 2. The molecule has 11 heteroatoms. The highest BCUT2D eigenvalue weighted by Crippen LogP contribution is 2.28. The lowest BCUT2D eigenvalue weighted by Crippen LogP contribution is -2.35. The number of aliphatic carboxylic acids is 1. The first-order valence-electron chi connectivity index (χ1n) is 7.61. The summed E-state index contributed by atoms with van der Waals surface area (Å²) in [6.45, 7) is 1.88. The Morgan fingerprint density at radius 3 is 2.23 bits per heavy atom. The van der Waals surface area contributed by atoms with Crippen LogP contribution in [0.4, 0.5) is 5.69 Å². The molecule has 1 atom stereocenters. The summed E-state index contributed by atoms with van der Waals surface area (Å²) in [6.07, 6.45) is 2.16. The van der Waals surface area contributed by atoms with Crippen LogP contribution in [-0.4, -0.2) is 52.8 Å². The maximum absolute atomic E-state index is 11.8. The van der Waals surface area contributed by atoms with E-state index in [1.807, 2.05) is 6.92 Å². The van der Waals surface area contributed by atoms with Gasteiger partial charge in [-0.1, -0.05) is 13.3 Å². The van der Waals surface area contributed by atoms with E-state index in [-0.39, 0.29) is 27.1 Å². The first kappa shape index (κ1) is 21.9. The normalized spacial score (nSPS) is 13.0. The molecule has 9 nitrogen and oxygen atoms in total. The van der Waals surface area contributed by atoms with Crippen molar-refractivity contribution in [2.75, 3.05) is 16.2 Å². The molecule has 0 saturated carbocycles. The van der Waals surface area contributed by atoms with Crippen molar-refractivity contribution >= 4 is 38.0 Å². The Balaban J connectivity index is 3.33. The Morgan fingerprint density at radius 1 is 1.23 bits per heavy atom. The molecule has 1 unspecified atom stereocenters. The summed E-state index contributed by atoms with van der Waals surface area (Å²) >= 11 is 0. The van der Waals surface area contributed by atoms with Crippen molar-refractivity contribution in [1.29, 1.82) is 0 Å². The third-order valence-corrected chi connectivity index (χ3v) is 6.55. The second-order valence-electron chi connectivity index (χ2n) is 5.65. The van der Waals surface area contributed by atoms with E-state index in [0.717, 1.165) is 18.6 Å². The monoisotopic (exact) mass is 407 g/mol. The molecule has 1 N–H and O–H groups in total. The van der Waals surface area contributed by atoms with Crippen molar-refractivity contribution in [2.24, 2.45) is 0 Å². The topological polar surface area (TPSA) is 135 Å². The first-order valence-corrected chi connectivity index (χ1v) is 11.3. The van der Waals surface area contributed by atoms with Crippen LogP contribution in [0, 0.1) is 0 Å². The number of carbonyl (C=O) groups is 2. The Labute approximate surface area is 152 Å². The quantitative estimate of drug-likeness (QED) is 0.572. The molecule has 1 aromatic carbocycles. The largest absolute Gasteiger partial charge is 0.479 e. The highest BCUT2D eigenvalue weighted by Gasteiger charge is 2.28. The second-order valence-corrected chi connectivity index (χ2v) is 9.54. The maximum atomic E-state index is 11.8. The van der Waals surface area contributed by atoms with Crippen molar-refractivity contribution in [3.05, 3.63) is 23.8 Å². The molecule has 1 aromatic rings. The molecule has 0 aliphatic rings. The lowest BCUT2D eigenvalue weighted by Gasteiger charge is -2.21. The number of hydrogen-bond acceptors (Lipinski definition) is 7. The third kappa shape index (κ3) is 5.70. The molecule has 0 aliphatic carbocycles. The number of nitrogens with zero attached hydrogens (tertiary/aromatic N) is 1. The van der Waals surface area contributed by atoms with Crippen LogP contribution in [0.25, 0.3) is 0 Å². The molecule has 0 fully saturated rings. The fraction of sp³-hybridized carbons (Fsp3) is 0.467. The van der Waals surface area contributed by atoms with Gasteiger partial charge in [-0.05, 0) is 31.0 Å². The zero-order chi connectivity index (χ0) is 20.1. The van der Waals surface area contributed by atoms with E-state index < -0.39 is 32.1 Å². The molecular weight excluding hydrogens is 386 g/mol. The van der Waals surface area contributed by atoms with Gasteiger partial charge in [-0.3, -0.25) is 4.79 Å². The Bertz CT molecular complexity index is 845. The SMILES string of the molecule is CCCCC(Oc1ccc(N(S(C)(=O)=O)S(C)(=O)=O)cc1C=O)C(=O)O. The number of carbonyl (C=O) groups excluding carboxylic acids is 1. The van der Waals surface area contributed by atoms with Crippen molar-refractivity contribution in [2.45, 2.75) is 32.3 Å². The number of ether oxygens (including phenoxy) is 1. The van der Waals surface area contributed by atoms with Gasteiger partial charge in [0.2, 0.25) is 20.0 Å². The van der Waals surface area contributed by atoms with Gasteiger partial charge in [0.25, 0.3) is 0 Å². The number of unbranched alkanes of at least 4 members (excludes halogenated alkanes) is 1. The van der Waals surface area contributed by atoms with Crippen LogP contribution in [0.15, 0.2) is 18.2 Å². The zero-order valence-electron chi connectivity index (χ0n) is 14.6. The predicted molar refractivity (Wildman–Crippen MR) is 95.6 cm³/mol. The van der Waals surface area contributed by atoms with Crippen molar-refractivity contribution < 1.29 is 36.3 Å². The molecule has 1 rings (SSSR count). The van der Waals surface area contributed by atoms with Crippen molar-refractivity contribution in [1.82, 2.24) is 0 Å². The molecule has 0 heterocycles. The Hall–Kier alpha value is -2.14. The fourth-order valence-electron chi connectivity index (χ4n) is 2.25. The van der Waals surface area contributed by atoms with Gasteiger partial charge < -0.3 is 9.84 Å². The highest BCUT2D eigenvalue weighted by atomic mass is 32.3. The summed E-state index contributed by atoms with van der Waals surface area (Å²) in [6, 6.07) is 3.32. The van der Waals surface area contributed by atoms with Gasteiger partial charge in [-0.2, -0.15) is 3.71 Å². The third-order valence-electron chi connectivity index (χ3n) is 3.30. The van der Waals surface area contributed by atoms with E-state index >= 15 is 0 Å². The number of carboxylic acid groups (broad SMARTS) is 1. The summed E-state index contributed by atoms with van der Waals surface area (Å²) < 4.78 is 52.7. The smallest absolute Gasteiger partial charge is 0.344 e. The van der Waals surface area contributed by atoms with E-state index in [1.165, 1.54) is 6.07 Å².